The first-order valence-corrected chi connectivity index (χ1v) is 20.6. The number of thiophene rings is 1. The summed E-state index contributed by atoms with van der Waals surface area (Å²) in [6.07, 6.45) is 2.01. The van der Waals surface area contributed by atoms with Crippen LogP contribution in [0.15, 0.2) is 52.3 Å². The van der Waals surface area contributed by atoms with Crippen LogP contribution >= 0.6 is 22.9 Å². The van der Waals surface area contributed by atoms with E-state index in [-0.39, 0.29) is 30.3 Å². The van der Waals surface area contributed by atoms with E-state index in [1.165, 1.54) is 9.44 Å². The van der Waals surface area contributed by atoms with Crippen LogP contribution in [0.2, 0.25) is 5.02 Å². The molecule has 0 saturated carbocycles. The zero-order chi connectivity index (χ0) is 40.9. The van der Waals surface area contributed by atoms with E-state index >= 15 is 0 Å². The molecule has 3 aromatic heterocycles. The summed E-state index contributed by atoms with van der Waals surface area (Å²) in [5.74, 6) is 0.426. The molecular formula is C41H47ClN8O7S. The van der Waals surface area contributed by atoms with Gasteiger partial charge in [-0.2, -0.15) is 0 Å². The van der Waals surface area contributed by atoms with Gasteiger partial charge in [-0.25, -0.2) is 4.79 Å². The maximum absolute atomic E-state index is 13.2. The van der Waals surface area contributed by atoms with Gasteiger partial charge >= 0.3 is 5.69 Å². The number of halogens is 1. The number of nitrogens with zero attached hydrogens (tertiary/aromatic N) is 6. The number of carbonyl (C=O) groups excluding carboxylic acids is 3. The number of aliphatic imine (C=N–C) groups is 1. The minimum atomic E-state index is -0.716. The smallest absolute Gasteiger partial charge is 0.329 e. The number of aryl methyl sites for hydroxylation is 4. The highest BCUT2D eigenvalue weighted by Crippen LogP contribution is 2.39. The molecule has 2 aliphatic rings. The maximum Gasteiger partial charge on any atom is 0.329 e. The first-order valence-electron chi connectivity index (χ1n) is 19.4. The Labute approximate surface area is 344 Å². The summed E-state index contributed by atoms with van der Waals surface area (Å²) in [7, 11) is 1.70. The molecule has 3 amide bonds. The van der Waals surface area contributed by atoms with Crippen LogP contribution in [0.25, 0.3) is 16.0 Å². The highest BCUT2D eigenvalue weighted by atomic mass is 35.5. The number of para-hydroxylation sites is 1. The zero-order valence-electron chi connectivity index (χ0n) is 33.0. The van der Waals surface area contributed by atoms with Gasteiger partial charge in [0.15, 0.2) is 5.82 Å². The number of piperidine rings is 1. The van der Waals surface area contributed by atoms with E-state index in [4.69, 9.17) is 30.8 Å². The van der Waals surface area contributed by atoms with E-state index in [9.17, 15) is 19.2 Å². The van der Waals surface area contributed by atoms with Gasteiger partial charge in [-0.05, 0) is 69.4 Å². The highest BCUT2D eigenvalue weighted by Gasteiger charge is 2.33. The lowest BCUT2D eigenvalue weighted by Gasteiger charge is -2.21. The third-order valence-corrected chi connectivity index (χ3v) is 11.9. The predicted octanol–water partition coefficient (Wildman–Crippen LogP) is 4.62. The van der Waals surface area contributed by atoms with Crippen molar-refractivity contribution in [1.29, 1.82) is 0 Å². The summed E-state index contributed by atoms with van der Waals surface area (Å²) < 4.78 is 22.2. The van der Waals surface area contributed by atoms with Gasteiger partial charge in [-0.15, -0.1) is 21.5 Å². The fraction of sp³-hybridized carbons (Fsp3) is 0.439. The second kappa shape index (κ2) is 18.3. The number of rotatable bonds is 17. The van der Waals surface area contributed by atoms with E-state index in [1.807, 2.05) is 54.0 Å². The summed E-state index contributed by atoms with van der Waals surface area (Å²) >= 11 is 7.88. The van der Waals surface area contributed by atoms with Crippen molar-refractivity contribution in [3.8, 4) is 5.00 Å². The van der Waals surface area contributed by atoms with E-state index < -0.39 is 18.0 Å². The number of hydrogen-bond acceptors (Lipinski definition) is 11. The Morgan fingerprint density at radius 1 is 0.966 bits per heavy atom. The second-order valence-corrected chi connectivity index (χ2v) is 16.0. The van der Waals surface area contributed by atoms with Gasteiger partial charge in [0.05, 0.1) is 56.2 Å². The lowest BCUT2D eigenvalue weighted by atomic mass is 9.99. The van der Waals surface area contributed by atoms with Gasteiger partial charge in [0.1, 0.15) is 22.9 Å². The molecule has 2 atom stereocenters. The predicted molar refractivity (Wildman–Crippen MR) is 220 cm³/mol. The van der Waals surface area contributed by atoms with Crippen LogP contribution in [-0.2, 0) is 42.1 Å². The van der Waals surface area contributed by atoms with E-state index in [0.717, 1.165) is 50.7 Å². The van der Waals surface area contributed by atoms with Crippen molar-refractivity contribution in [2.45, 2.75) is 65.0 Å². The quantitative estimate of drug-likeness (QED) is 0.100. The van der Waals surface area contributed by atoms with Crippen molar-refractivity contribution in [3.05, 3.63) is 96.8 Å². The molecule has 17 heteroatoms. The van der Waals surface area contributed by atoms with Gasteiger partial charge in [0.25, 0.3) is 0 Å². The molecule has 2 aromatic carbocycles. The van der Waals surface area contributed by atoms with Crippen LogP contribution in [0.4, 0.5) is 0 Å². The molecule has 5 aromatic rings. The number of nitrogens with one attached hydrogen (secondary N) is 2. The minimum absolute atomic E-state index is 0.0960. The Bertz CT molecular complexity index is 2410. The van der Waals surface area contributed by atoms with Crippen molar-refractivity contribution in [3.63, 3.8) is 0 Å². The fourth-order valence-corrected chi connectivity index (χ4v) is 8.84. The maximum atomic E-state index is 13.2. The molecule has 1 fully saturated rings. The van der Waals surface area contributed by atoms with Crippen molar-refractivity contribution < 1.29 is 28.6 Å². The molecule has 306 valence electrons. The number of ether oxygens (including phenoxy) is 3. The molecule has 58 heavy (non-hydrogen) atoms. The third-order valence-electron chi connectivity index (χ3n) is 10.5. The normalized spacial score (nSPS) is 16.5. The Hall–Kier alpha value is -5.00. The summed E-state index contributed by atoms with van der Waals surface area (Å²) in [6, 6.07) is 12.0. The molecule has 0 aliphatic carbocycles. The largest absolute Gasteiger partial charge is 0.379 e. The van der Waals surface area contributed by atoms with Crippen molar-refractivity contribution in [1.82, 2.24) is 34.5 Å². The van der Waals surface area contributed by atoms with Crippen molar-refractivity contribution >= 4 is 57.4 Å². The summed E-state index contributed by atoms with van der Waals surface area (Å²) in [6.45, 7) is 8.87. The molecule has 15 nitrogen and oxygen atoms in total. The summed E-state index contributed by atoms with van der Waals surface area (Å²) in [5, 5.41) is 15.8. The standard InChI is InChI=1S/C41H47ClN8O7S/c1-24-25(2)58-40-35(24)36(27-10-12-29(42)13-11-27)44-30(38-47-46-26(3)49(38)40)23-34(52)43-16-18-56-20-22-57-21-19-55-17-6-8-28-7-5-9-31-37(28)48(4)41(54)50(31)32-14-15-33(51)45-39(32)53/h5,7,9-13,30,32H,6,8,14-23H2,1-4H3,(H,43,52)(H,45,51,53)/t30-,32?/m0/s1. The Kier molecular flexibility index (Phi) is 13.0. The van der Waals surface area contributed by atoms with Gasteiger partial charge in [0, 0.05) is 47.6 Å². The number of hydrogen-bond donors (Lipinski definition) is 2. The van der Waals surface area contributed by atoms with Crippen molar-refractivity contribution in [2.24, 2.45) is 12.0 Å². The van der Waals surface area contributed by atoms with Crippen LogP contribution in [0, 0.1) is 20.8 Å². The number of imide groups is 1. The Morgan fingerprint density at radius 3 is 2.43 bits per heavy atom. The van der Waals surface area contributed by atoms with Crippen LogP contribution < -0.4 is 16.3 Å². The molecule has 0 spiro atoms. The second-order valence-electron chi connectivity index (χ2n) is 14.4. The van der Waals surface area contributed by atoms with E-state index in [2.05, 4.69) is 34.7 Å². The van der Waals surface area contributed by atoms with Crippen LogP contribution in [0.5, 0.6) is 0 Å². The molecule has 2 N–H and O–H groups in total. The average molecular weight is 831 g/mol. The number of aromatic nitrogens is 5. The molecule has 2 aliphatic heterocycles. The lowest BCUT2D eigenvalue weighted by molar-refractivity contribution is -0.135. The summed E-state index contributed by atoms with van der Waals surface area (Å²) in [4.78, 5) is 56.9. The topological polar surface area (TPSA) is 173 Å². The minimum Gasteiger partial charge on any atom is -0.379 e. The first-order chi connectivity index (χ1) is 28.0. The lowest BCUT2D eigenvalue weighted by Crippen LogP contribution is -2.44. The van der Waals surface area contributed by atoms with Gasteiger partial charge in [-0.3, -0.25) is 38.4 Å². The molecule has 5 heterocycles. The van der Waals surface area contributed by atoms with Crippen LogP contribution in [-0.4, -0.2) is 93.5 Å². The average Bonchev–Trinajstić information content (AvgIpc) is 3.78. The van der Waals surface area contributed by atoms with E-state index in [0.29, 0.717) is 75.4 Å². The first kappa shape index (κ1) is 41.2. The SMILES string of the molecule is Cc1sc2c(c1C)C(c1ccc(Cl)cc1)=N[C@@H](CC(=O)NCCOCCOCCOCCCc1cccc3c1n(C)c(=O)n3C1CCC(=O)NC1=O)c1nnc(C)n1-2. The highest BCUT2D eigenvalue weighted by molar-refractivity contribution is 7.15. The number of fused-ring (bicyclic) bond motifs is 4. The van der Waals surface area contributed by atoms with Crippen LogP contribution in [0.1, 0.15) is 76.5 Å². The van der Waals surface area contributed by atoms with Gasteiger partial charge in [-0.1, -0.05) is 35.9 Å². The molecular weight excluding hydrogens is 784 g/mol. The number of amides is 3. The molecule has 1 saturated heterocycles. The number of imidazole rings is 1. The fourth-order valence-electron chi connectivity index (χ4n) is 7.50. The van der Waals surface area contributed by atoms with Gasteiger partial charge in [0.2, 0.25) is 17.7 Å². The summed E-state index contributed by atoms with van der Waals surface area (Å²) in [5.41, 5.74) is 6.02. The van der Waals surface area contributed by atoms with Crippen LogP contribution in [0.3, 0.4) is 0 Å². The molecule has 0 radical (unpaired) electrons. The van der Waals surface area contributed by atoms with Crippen molar-refractivity contribution in [2.75, 3.05) is 46.2 Å². The molecule has 0 bridgehead atoms. The monoisotopic (exact) mass is 830 g/mol. The Balaban J connectivity index is 0.811. The number of benzene rings is 2. The number of carbonyl (C=O) groups is 3. The third kappa shape index (κ3) is 8.71. The Morgan fingerprint density at radius 2 is 1.69 bits per heavy atom. The molecule has 7 rings (SSSR count). The van der Waals surface area contributed by atoms with Gasteiger partial charge < -0.3 is 19.5 Å². The zero-order valence-corrected chi connectivity index (χ0v) is 34.6. The molecule has 1 unspecified atom stereocenters. The van der Waals surface area contributed by atoms with E-state index in [1.54, 1.807) is 23.0 Å².